The number of nitrogens with zero attached hydrogens (tertiary/aromatic N) is 1. The molecule has 0 N–H and O–H groups in total. The number of benzene rings is 1. The summed E-state index contributed by atoms with van der Waals surface area (Å²) < 4.78 is 36.0. The number of rotatable bonds is 4. The fraction of sp³-hybridized carbons (Fsp3) is 0.357. The van der Waals surface area contributed by atoms with Crippen LogP contribution in [0.1, 0.15) is 19.8 Å². The van der Waals surface area contributed by atoms with Crippen LogP contribution in [0.5, 0.6) is 0 Å². The van der Waals surface area contributed by atoms with Crippen molar-refractivity contribution < 1.29 is 17.6 Å². The van der Waals surface area contributed by atoms with Crippen molar-refractivity contribution in [2.24, 2.45) is 0 Å². The van der Waals surface area contributed by atoms with Crippen molar-refractivity contribution in [3.05, 3.63) is 41.6 Å². The maximum atomic E-state index is 13.0. The maximum absolute atomic E-state index is 13.0. The van der Waals surface area contributed by atoms with Crippen molar-refractivity contribution in [3.8, 4) is 0 Å². The van der Waals surface area contributed by atoms with E-state index in [0.29, 0.717) is 18.5 Å². The predicted octanol–water partition coefficient (Wildman–Crippen LogP) is 2.27. The molecule has 0 bridgehead atoms. The molecule has 6 heteroatoms. The molecular formula is C14H16FNO3S. The summed E-state index contributed by atoms with van der Waals surface area (Å²) in [5, 5.41) is 1.13. The van der Waals surface area contributed by atoms with Crippen molar-refractivity contribution in [1.82, 2.24) is 0 Å². The highest BCUT2D eigenvalue weighted by molar-refractivity contribution is 7.94. The lowest BCUT2D eigenvalue weighted by molar-refractivity contribution is -0.118. The van der Waals surface area contributed by atoms with Crippen LogP contribution >= 0.6 is 0 Å². The normalized spacial score (nSPS) is 20.0. The minimum atomic E-state index is -3.25. The zero-order valence-corrected chi connectivity index (χ0v) is 11.9. The lowest BCUT2D eigenvalue weighted by Gasteiger charge is -2.27. The lowest BCUT2D eigenvalue weighted by Crippen LogP contribution is -2.41. The number of hydrogen-bond donors (Lipinski definition) is 0. The Morgan fingerprint density at radius 1 is 1.35 bits per heavy atom. The van der Waals surface area contributed by atoms with Gasteiger partial charge in [-0.25, -0.2) is 12.8 Å². The fourth-order valence-corrected chi connectivity index (χ4v) is 3.44. The third kappa shape index (κ3) is 3.25. The largest absolute Gasteiger partial charge is 0.304 e. The topological polar surface area (TPSA) is 54.5 Å². The number of carbonyl (C=O) groups is 1. The summed E-state index contributed by atoms with van der Waals surface area (Å²) in [6, 6.07) is 4.97. The van der Waals surface area contributed by atoms with E-state index in [-0.39, 0.29) is 11.7 Å². The van der Waals surface area contributed by atoms with Gasteiger partial charge in [0.1, 0.15) is 5.82 Å². The Bertz CT molecular complexity index is 622. The number of hydrogen-bond acceptors (Lipinski definition) is 3. The van der Waals surface area contributed by atoms with Crippen molar-refractivity contribution in [3.63, 3.8) is 0 Å². The van der Waals surface area contributed by atoms with Gasteiger partial charge < -0.3 is 4.90 Å². The average molecular weight is 297 g/mol. The first-order valence-electron chi connectivity index (χ1n) is 6.41. The van der Waals surface area contributed by atoms with Crippen molar-refractivity contribution in [2.45, 2.75) is 25.8 Å². The second kappa shape index (κ2) is 5.75. The molecule has 1 atom stereocenters. The molecule has 2 rings (SSSR count). The highest BCUT2D eigenvalue weighted by Gasteiger charge is 2.30. The molecule has 1 amide bonds. The molecule has 1 heterocycles. The highest BCUT2D eigenvalue weighted by Crippen LogP contribution is 2.24. The zero-order valence-electron chi connectivity index (χ0n) is 11.1. The van der Waals surface area contributed by atoms with Gasteiger partial charge in [0, 0.05) is 17.5 Å². The third-order valence-corrected chi connectivity index (χ3v) is 4.46. The van der Waals surface area contributed by atoms with Crippen LogP contribution in [0.2, 0.25) is 0 Å². The summed E-state index contributed by atoms with van der Waals surface area (Å²) in [7, 11) is -3.25. The quantitative estimate of drug-likeness (QED) is 0.856. The van der Waals surface area contributed by atoms with E-state index in [4.69, 9.17) is 0 Å². The van der Waals surface area contributed by atoms with Crippen molar-refractivity contribution >= 4 is 21.4 Å². The molecule has 1 aliphatic rings. The summed E-state index contributed by atoms with van der Waals surface area (Å²) in [5.41, 5.74) is 0.511. The fourth-order valence-electron chi connectivity index (χ4n) is 2.18. The van der Waals surface area contributed by atoms with Crippen LogP contribution in [-0.4, -0.2) is 26.1 Å². The van der Waals surface area contributed by atoms with Crippen LogP contribution in [0.4, 0.5) is 10.1 Å². The van der Waals surface area contributed by atoms with E-state index in [2.05, 4.69) is 0 Å². The van der Waals surface area contributed by atoms with E-state index in [1.165, 1.54) is 35.2 Å². The van der Waals surface area contributed by atoms with Crippen LogP contribution in [0.3, 0.4) is 0 Å². The minimum absolute atomic E-state index is 0.125. The van der Waals surface area contributed by atoms with Crippen molar-refractivity contribution in [1.29, 1.82) is 0 Å². The van der Waals surface area contributed by atoms with Crippen LogP contribution in [0, 0.1) is 5.82 Å². The van der Waals surface area contributed by atoms with Gasteiger partial charge in [0.05, 0.1) is 11.8 Å². The Morgan fingerprint density at radius 3 is 2.50 bits per heavy atom. The van der Waals surface area contributed by atoms with E-state index < -0.39 is 21.7 Å². The minimum Gasteiger partial charge on any atom is -0.304 e. The summed E-state index contributed by atoms with van der Waals surface area (Å²) in [4.78, 5) is 13.7. The molecule has 20 heavy (non-hydrogen) atoms. The summed E-state index contributed by atoms with van der Waals surface area (Å²) >= 11 is 0. The van der Waals surface area contributed by atoms with Crippen LogP contribution in [-0.2, 0) is 14.6 Å². The van der Waals surface area contributed by atoms with Gasteiger partial charge in [-0.05, 0) is 36.8 Å². The Morgan fingerprint density at radius 2 is 2.00 bits per heavy atom. The van der Waals surface area contributed by atoms with Gasteiger partial charge in [0.25, 0.3) is 0 Å². The predicted molar refractivity (Wildman–Crippen MR) is 75.5 cm³/mol. The maximum Gasteiger partial charge on any atom is 0.227 e. The molecule has 1 aromatic carbocycles. The molecule has 0 saturated carbocycles. The second-order valence-electron chi connectivity index (χ2n) is 4.72. The molecule has 4 nitrogen and oxygen atoms in total. The van der Waals surface area contributed by atoms with Gasteiger partial charge in [0.2, 0.25) is 5.91 Å². The number of anilines is 1. The molecular weight excluding hydrogens is 281 g/mol. The molecule has 108 valence electrons. The number of carbonyl (C=O) groups excluding carboxylic acids is 1. The van der Waals surface area contributed by atoms with Gasteiger partial charge >= 0.3 is 0 Å². The number of sulfone groups is 1. The molecule has 0 saturated heterocycles. The first-order valence-corrected chi connectivity index (χ1v) is 8.13. The van der Waals surface area contributed by atoms with E-state index >= 15 is 0 Å². The van der Waals surface area contributed by atoms with E-state index in [0.717, 1.165) is 5.41 Å². The molecule has 0 aromatic heterocycles. The zero-order chi connectivity index (χ0) is 14.8. The first kappa shape index (κ1) is 14.7. The SMILES string of the molecule is CCCC(=O)N(c1ccc(F)cc1)[C@@H]1C=CS(=O)(=O)C1. The summed E-state index contributed by atoms with van der Waals surface area (Å²) in [5.74, 6) is -0.683. The molecule has 0 radical (unpaired) electrons. The van der Waals surface area contributed by atoms with Gasteiger partial charge in [0.15, 0.2) is 9.84 Å². The molecule has 1 aromatic rings. The highest BCUT2D eigenvalue weighted by atomic mass is 32.2. The molecule has 0 spiro atoms. The molecule has 0 fully saturated rings. The molecule has 1 aliphatic heterocycles. The summed E-state index contributed by atoms with van der Waals surface area (Å²) in [6.45, 7) is 1.88. The van der Waals surface area contributed by atoms with Crippen LogP contribution in [0.25, 0.3) is 0 Å². The Hall–Kier alpha value is -1.69. The Kier molecular flexibility index (Phi) is 4.23. The lowest BCUT2D eigenvalue weighted by atomic mass is 10.2. The standard InChI is InChI=1S/C14H16FNO3S/c1-2-3-14(17)16(12-6-4-11(15)5-7-12)13-8-9-20(18,19)10-13/h4-9,13H,2-3,10H2,1H3/t13-/m1/s1. The number of amides is 1. The Labute approximate surface area is 117 Å². The molecule has 0 aliphatic carbocycles. The Balaban J connectivity index is 2.33. The monoisotopic (exact) mass is 297 g/mol. The van der Waals surface area contributed by atoms with E-state index in [1.54, 1.807) is 0 Å². The second-order valence-corrected chi connectivity index (χ2v) is 6.65. The number of halogens is 1. The van der Waals surface area contributed by atoms with E-state index in [9.17, 15) is 17.6 Å². The van der Waals surface area contributed by atoms with Gasteiger partial charge in [-0.2, -0.15) is 0 Å². The summed E-state index contributed by atoms with van der Waals surface area (Å²) in [6.07, 6.45) is 2.49. The van der Waals surface area contributed by atoms with Crippen LogP contribution < -0.4 is 4.90 Å². The van der Waals surface area contributed by atoms with Gasteiger partial charge in [-0.3, -0.25) is 4.79 Å². The first-order chi connectivity index (χ1) is 9.43. The molecule has 0 unspecified atom stereocenters. The van der Waals surface area contributed by atoms with Gasteiger partial charge in [-0.1, -0.05) is 6.92 Å². The average Bonchev–Trinajstić information content (AvgIpc) is 2.73. The van der Waals surface area contributed by atoms with Crippen molar-refractivity contribution in [2.75, 3.05) is 10.7 Å². The smallest absolute Gasteiger partial charge is 0.227 e. The van der Waals surface area contributed by atoms with Gasteiger partial charge in [-0.15, -0.1) is 0 Å². The third-order valence-electron chi connectivity index (χ3n) is 3.08. The van der Waals surface area contributed by atoms with Crippen LogP contribution in [0.15, 0.2) is 35.7 Å². The van der Waals surface area contributed by atoms with E-state index in [1.807, 2.05) is 6.92 Å².